The highest BCUT2D eigenvalue weighted by Crippen LogP contribution is 2.48. The molecule has 2 heteroatoms. The van der Waals surface area contributed by atoms with Crippen LogP contribution in [-0.2, 0) is 0 Å². The number of hydrogen-bond acceptors (Lipinski definition) is 2. The van der Waals surface area contributed by atoms with Crippen LogP contribution in [0.25, 0.3) is 0 Å². The Morgan fingerprint density at radius 1 is 0.792 bits per heavy atom. The lowest BCUT2D eigenvalue weighted by atomic mass is 9.65. The van der Waals surface area contributed by atoms with Crippen molar-refractivity contribution in [1.82, 2.24) is 5.32 Å². The van der Waals surface area contributed by atoms with Crippen LogP contribution < -0.4 is 5.32 Å². The molecule has 126 valence electrons. The molecule has 4 rings (SSSR count). The van der Waals surface area contributed by atoms with Crippen molar-refractivity contribution in [2.45, 2.75) is 51.3 Å². The van der Waals surface area contributed by atoms with Gasteiger partial charge in [-0.25, -0.2) is 0 Å². The third kappa shape index (κ3) is 2.58. The Morgan fingerprint density at radius 2 is 1.25 bits per heavy atom. The lowest BCUT2D eigenvalue weighted by molar-refractivity contribution is -0.0519. The summed E-state index contributed by atoms with van der Waals surface area (Å²) in [7, 11) is 0. The summed E-state index contributed by atoms with van der Waals surface area (Å²) in [6.45, 7) is 4.36. The Kier molecular flexibility index (Phi) is 4.19. The minimum Gasteiger partial charge on any atom is -0.392 e. The Labute approximate surface area is 144 Å². The second kappa shape index (κ2) is 6.34. The zero-order valence-electron chi connectivity index (χ0n) is 14.6. The molecule has 2 nitrogen and oxygen atoms in total. The van der Waals surface area contributed by atoms with E-state index in [2.05, 4.69) is 67.7 Å². The molecule has 2 aliphatic rings. The fourth-order valence-corrected chi connectivity index (χ4v) is 4.93. The Bertz CT molecular complexity index is 666. The van der Waals surface area contributed by atoms with Gasteiger partial charge >= 0.3 is 0 Å². The van der Waals surface area contributed by atoms with Gasteiger partial charge in [0.15, 0.2) is 0 Å². The van der Waals surface area contributed by atoms with Gasteiger partial charge in [0.25, 0.3) is 0 Å². The molecule has 1 saturated heterocycles. The molecule has 4 atom stereocenters. The van der Waals surface area contributed by atoms with Crippen LogP contribution in [0.1, 0.15) is 53.6 Å². The highest BCUT2D eigenvalue weighted by Gasteiger charge is 2.47. The molecule has 1 aliphatic carbocycles. The molecule has 1 aliphatic heterocycles. The molecule has 24 heavy (non-hydrogen) atoms. The molecule has 2 fully saturated rings. The Balaban J connectivity index is 1.76. The topological polar surface area (TPSA) is 32.3 Å². The van der Waals surface area contributed by atoms with Gasteiger partial charge < -0.3 is 10.4 Å². The number of fused-ring (bicyclic) bond motifs is 2. The molecular formula is C22H27NO. The number of hydrogen-bond donors (Lipinski definition) is 2. The van der Waals surface area contributed by atoms with Crippen LogP contribution in [0.15, 0.2) is 48.5 Å². The van der Waals surface area contributed by atoms with E-state index in [1.54, 1.807) is 0 Å². The molecule has 0 aromatic heterocycles. The average Bonchev–Trinajstić information content (AvgIpc) is 2.57. The molecule has 1 saturated carbocycles. The van der Waals surface area contributed by atoms with Gasteiger partial charge in [-0.05, 0) is 48.9 Å². The second-order valence-electron chi connectivity index (χ2n) is 7.58. The molecule has 2 aromatic rings. The number of nitrogens with one attached hydrogen (secondary N) is 1. The predicted octanol–water partition coefficient (Wildman–Crippen LogP) is 4.47. The normalized spacial score (nSPS) is 32.5. The van der Waals surface area contributed by atoms with Gasteiger partial charge in [-0.1, -0.05) is 55.0 Å². The van der Waals surface area contributed by atoms with Crippen LogP contribution in [0.5, 0.6) is 0 Å². The van der Waals surface area contributed by atoms with Gasteiger partial charge in [-0.15, -0.1) is 0 Å². The summed E-state index contributed by atoms with van der Waals surface area (Å²) in [6, 6.07) is 17.7. The number of aliphatic hydroxyl groups is 1. The predicted molar refractivity (Wildman–Crippen MR) is 97.8 cm³/mol. The van der Waals surface area contributed by atoms with Gasteiger partial charge in [0, 0.05) is 23.9 Å². The van der Waals surface area contributed by atoms with Crippen molar-refractivity contribution in [3.63, 3.8) is 0 Å². The number of piperidine rings is 1. The molecule has 4 unspecified atom stereocenters. The summed E-state index contributed by atoms with van der Waals surface area (Å²) in [5.74, 6) is 0.648. The third-order valence-corrected chi connectivity index (χ3v) is 6.21. The lowest BCUT2D eigenvalue weighted by Gasteiger charge is -2.50. The highest BCUT2D eigenvalue weighted by molar-refractivity contribution is 5.34. The molecular weight excluding hydrogens is 294 g/mol. The van der Waals surface area contributed by atoms with E-state index in [0.717, 1.165) is 12.8 Å². The lowest BCUT2D eigenvalue weighted by Crippen LogP contribution is -2.53. The van der Waals surface area contributed by atoms with E-state index in [0.29, 0.717) is 11.8 Å². The van der Waals surface area contributed by atoms with Crippen LogP contribution in [0.3, 0.4) is 0 Å². The summed E-state index contributed by atoms with van der Waals surface area (Å²) in [6.07, 6.45) is 3.24. The summed E-state index contributed by atoms with van der Waals surface area (Å²) < 4.78 is 0. The van der Waals surface area contributed by atoms with Crippen molar-refractivity contribution in [2.75, 3.05) is 0 Å². The van der Waals surface area contributed by atoms with Gasteiger partial charge in [-0.2, -0.15) is 0 Å². The summed E-state index contributed by atoms with van der Waals surface area (Å²) in [5.41, 5.74) is 5.32. The van der Waals surface area contributed by atoms with Crippen LogP contribution >= 0.6 is 0 Å². The highest BCUT2D eigenvalue weighted by atomic mass is 16.3. The first kappa shape index (κ1) is 15.9. The van der Waals surface area contributed by atoms with E-state index in [4.69, 9.17) is 0 Å². The maximum Gasteiger partial charge on any atom is 0.0632 e. The first-order chi connectivity index (χ1) is 11.7. The summed E-state index contributed by atoms with van der Waals surface area (Å²) in [4.78, 5) is 0. The largest absolute Gasteiger partial charge is 0.392 e. The quantitative estimate of drug-likeness (QED) is 0.855. The van der Waals surface area contributed by atoms with Gasteiger partial charge in [0.2, 0.25) is 0 Å². The molecule has 2 N–H and O–H groups in total. The van der Waals surface area contributed by atoms with Crippen molar-refractivity contribution < 1.29 is 5.11 Å². The van der Waals surface area contributed by atoms with E-state index < -0.39 is 0 Å². The molecule has 0 radical (unpaired) electrons. The molecule has 2 aromatic carbocycles. The van der Waals surface area contributed by atoms with E-state index in [-0.39, 0.29) is 18.2 Å². The van der Waals surface area contributed by atoms with Crippen LogP contribution in [0.2, 0.25) is 0 Å². The smallest absolute Gasteiger partial charge is 0.0632 e. The van der Waals surface area contributed by atoms with Crippen LogP contribution in [0, 0.1) is 25.7 Å². The maximum atomic E-state index is 11.1. The average molecular weight is 321 g/mol. The monoisotopic (exact) mass is 321 g/mol. The summed E-state index contributed by atoms with van der Waals surface area (Å²) in [5, 5.41) is 15.0. The molecule has 2 bridgehead atoms. The number of aliphatic hydroxyl groups excluding tert-OH is 1. The van der Waals surface area contributed by atoms with Gasteiger partial charge in [-0.3, -0.25) is 0 Å². The van der Waals surface area contributed by atoms with E-state index in [9.17, 15) is 5.11 Å². The Morgan fingerprint density at radius 3 is 1.71 bits per heavy atom. The van der Waals surface area contributed by atoms with E-state index in [1.165, 1.54) is 28.7 Å². The first-order valence-corrected chi connectivity index (χ1v) is 9.22. The van der Waals surface area contributed by atoms with Crippen LogP contribution in [0.4, 0.5) is 0 Å². The van der Waals surface area contributed by atoms with Crippen molar-refractivity contribution in [2.24, 2.45) is 11.8 Å². The Hall–Kier alpha value is -1.64. The fraction of sp³-hybridized carbons (Fsp3) is 0.455. The minimum atomic E-state index is -0.214. The van der Waals surface area contributed by atoms with Crippen molar-refractivity contribution >= 4 is 0 Å². The zero-order chi connectivity index (χ0) is 16.7. The van der Waals surface area contributed by atoms with Gasteiger partial charge in [0.05, 0.1) is 6.10 Å². The van der Waals surface area contributed by atoms with Crippen molar-refractivity contribution in [3.05, 3.63) is 70.8 Å². The van der Waals surface area contributed by atoms with Gasteiger partial charge in [0.1, 0.15) is 0 Å². The SMILES string of the molecule is Cc1ccccc1C1NC(c2ccccc2C)C2CCCC1C2O. The van der Waals surface area contributed by atoms with Crippen molar-refractivity contribution in [1.29, 1.82) is 0 Å². The van der Waals surface area contributed by atoms with Crippen molar-refractivity contribution in [3.8, 4) is 0 Å². The van der Waals surface area contributed by atoms with Crippen LogP contribution in [-0.4, -0.2) is 11.2 Å². The second-order valence-corrected chi connectivity index (χ2v) is 7.58. The zero-order valence-corrected chi connectivity index (χ0v) is 14.6. The fourth-order valence-electron chi connectivity index (χ4n) is 4.93. The molecule has 0 amide bonds. The standard InChI is InChI=1S/C22H27NO/c1-14-8-3-5-10-16(14)20-18-12-7-13-19(22(18)24)21(23-20)17-11-6-4-9-15(17)2/h3-6,8-11,18-24H,7,12-13H2,1-2H3. The molecule has 1 heterocycles. The number of rotatable bonds is 2. The maximum absolute atomic E-state index is 11.1. The first-order valence-electron chi connectivity index (χ1n) is 9.22. The molecule has 0 spiro atoms. The van der Waals surface area contributed by atoms with E-state index in [1.807, 2.05) is 0 Å². The number of benzene rings is 2. The van der Waals surface area contributed by atoms with E-state index >= 15 is 0 Å². The summed E-state index contributed by atoms with van der Waals surface area (Å²) >= 11 is 0. The third-order valence-electron chi connectivity index (χ3n) is 6.21. The minimum absolute atomic E-state index is 0.214. The number of aryl methyl sites for hydroxylation is 2.